The molecule has 0 saturated heterocycles. The number of carbonyl (C=O) groups excluding carboxylic acids is 8. The molecule has 5 heterocycles. The molecule has 20 heteroatoms. The van der Waals surface area contributed by atoms with Crippen molar-refractivity contribution in [1.29, 1.82) is 0 Å². The number of Topliss-reactive ketones (excluding diaryl/α,β-unsaturated/α-hetero) is 2. The maximum Gasteiger partial charge on any atom is 0.258 e. The average molecular weight is 1290 g/mol. The van der Waals surface area contributed by atoms with Crippen molar-refractivity contribution in [2.45, 2.75) is 110 Å². The van der Waals surface area contributed by atoms with E-state index in [9.17, 15) is 43.8 Å². The number of imide groups is 1. The number of unbranched alkanes of at least 4 members (excludes halogenated alkanes) is 1. The van der Waals surface area contributed by atoms with Gasteiger partial charge in [0.2, 0.25) is 11.8 Å². The van der Waals surface area contributed by atoms with Crippen LogP contribution in [0.3, 0.4) is 0 Å². The van der Waals surface area contributed by atoms with Crippen LogP contribution < -0.4 is 44.4 Å². The van der Waals surface area contributed by atoms with Gasteiger partial charge in [-0.3, -0.25) is 43.3 Å². The summed E-state index contributed by atoms with van der Waals surface area (Å²) in [6.45, 7) is 3.11. The second-order valence-corrected chi connectivity index (χ2v) is 21.4. The van der Waals surface area contributed by atoms with Crippen LogP contribution in [-0.2, 0) is 120 Å². The maximum absolute atomic E-state index is 14.4. The van der Waals surface area contributed by atoms with Crippen LogP contribution in [0, 0.1) is 25.9 Å². The van der Waals surface area contributed by atoms with E-state index in [-0.39, 0.29) is 167 Å². The first-order chi connectivity index (χ1) is 40.9. The second kappa shape index (κ2) is 27.6. The van der Waals surface area contributed by atoms with Crippen molar-refractivity contribution >= 4 is 75.4 Å². The Kier molecular flexibility index (Phi) is 19.0. The fraction of sp³-hybridized carbons (Fsp3) is 0.344. The van der Waals surface area contributed by atoms with Gasteiger partial charge in [-0.2, -0.15) is 0 Å². The predicted octanol–water partition coefficient (Wildman–Crippen LogP) is 8.40. The molecule has 10 rings (SSSR count). The first-order valence-electron chi connectivity index (χ1n) is 29.5. The predicted molar refractivity (Wildman–Crippen MR) is 310 cm³/mol. The number of carbonyl (C=O) groups is 8. The van der Waals surface area contributed by atoms with Gasteiger partial charge in [-0.25, -0.2) is 13.1 Å². The van der Waals surface area contributed by atoms with E-state index in [0.29, 0.717) is 54.6 Å². The summed E-state index contributed by atoms with van der Waals surface area (Å²) in [6, 6.07) is 23.9. The molecule has 0 saturated carbocycles. The van der Waals surface area contributed by atoms with Gasteiger partial charge < -0.3 is 44.4 Å². The Bertz CT molecular complexity index is 3630. The summed E-state index contributed by atoms with van der Waals surface area (Å²) in [5, 5.41) is 5.40. The van der Waals surface area contributed by atoms with Gasteiger partial charge >= 0.3 is 0 Å². The summed E-state index contributed by atoms with van der Waals surface area (Å²) >= 11 is 0. The molecule has 4 atom stereocenters. The van der Waals surface area contributed by atoms with E-state index in [1.54, 1.807) is 47.9 Å². The molecule has 2 N–H and O–H groups in total. The van der Waals surface area contributed by atoms with E-state index in [1.807, 2.05) is 66.5 Å². The number of methoxy groups -OCH3 is 1. The smallest absolute Gasteiger partial charge is 0.258 e. The minimum atomic E-state index is -2.81. The molecule has 0 aromatic heterocycles. The SMILES string of the molecule is [2H]C([2H])(Oc1cc2c(cc1C)C(=O)N1c3ccccc3C[C@H]1[CH-]N2C)c1cc(NC(=O)C(C)CC(=O)C(C)NC(=O)CCCCC(=O)CCCN2C(=O)C=CC2=O)cc(C([2H])([2H])Oc2cc3c(cc2OC)C(=O)N2c4ccccc4C[C@H]2[CH-]N3C)c1.[Y].[Y]. The number of ketones is 2. The molecule has 6 amide bonds. The first-order valence-corrected chi connectivity index (χ1v) is 27.5. The minimum Gasteiger partial charge on any atom is -0.522 e. The topological polar surface area (TPSA) is 205 Å². The average Bonchev–Trinajstić information content (AvgIpc) is 1.90. The number of fused-ring (bicyclic) bond motifs is 8. The Morgan fingerprint density at radius 1 is 0.667 bits per heavy atom. The van der Waals surface area contributed by atoms with Crippen LogP contribution in [0.5, 0.6) is 17.2 Å². The number of para-hydroxylation sites is 2. The summed E-state index contributed by atoms with van der Waals surface area (Å²) in [6.07, 6.45) is 4.79. The van der Waals surface area contributed by atoms with Gasteiger partial charge in [0.25, 0.3) is 23.6 Å². The Balaban J connectivity index is 0.00000501. The van der Waals surface area contributed by atoms with Crippen LogP contribution in [0.4, 0.5) is 28.4 Å². The maximum atomic E-state index is 14.4. The van der Waals surface area contributed by atoms with Crippen LogP contribution in [0.1, 0.15) is 113 Å². The number of aryl methyl sites for hydroxylation is 1. The molecule has 2 radical (unpaired) electrons. The van der Waals surface area contributed by atoms with Gasteiger partial charge in [-0.05, 0) is 130 Å². The number of anilines is 5. The van der Waals surface area contributed by atoms with Crippen LogP contribution >= 0.6 is 0 Å². The van der Waals surface area contributed by atoms with Gasteiger partial charge in [0.05, 0.1) is 29.8 Å². The molecule has 0 spiro atoms. The number of likely N-dealkylation sites (N-methyl/N-ethyl adjacent to an activating group) is 2. The number of nitrogens with zero attached hydrogens (tertiary/aromatic N) is 5. The summed E-state index contributed by atoms with van der Waals surface area (Å²) in [5.41, 5.74) is 5.03. The number of amides is 6. The second-order valence-electron chi connectivity index (χ2n) is 21.4. The molecule has 18 nitrogen and oxygen atoms in total. The zero-order valence-corrected chi connectivity index (χ0v) is 53.4. The third-order valence-corrected chi connectivity index (χ3v) is 15.5. The number of benzene rings is 5. The van der Waals surface area contributed by atoms with Crippen molar-refractivity contribution in [3.8, 4) is 17.2 Å². The van der Waals surface area contributed by atoms with E-state index < -0.39 is 54.5 Å². The molecule has 0 bridgehead atoms. The molecule has 5 aromatic carbocycles. The molecular weight excluding hydrogens is 1220 g/mol. The standard InChI is InChI=1S/C64H67N7O11.2Y/c1-38-24-49-53(67(4)34-46-29-43-14-7-10-18-51(43)70(46)63(49)78)32-56(38)81-36-41-26-42(37-82-58-33-54-50(31-57(58)80-6)64(79)71-47(35-68(54)5)30-44-15-8-11-19-52(44)71)28-45(27-41)66-62(77)39(2)25-55(73)40(3)65-59(74)20-12-9-16-48(72)17-13-23-69-60(75)21-22-61(69)76;;/h7-8,10-11,14-15,18-19,21-22,24,26-28,31-35,39-40,46-47H,9,12-13,16-17,20,23,25,29-30,36-37H2,1-6H3,(H,65,74)(H,66,77);;/q-2;;/t39?,40?,46-,47-;;/m0../s1/i36D2,37D2;;. The van der Waals surface area contributed by atoms with Crippen molar-refractivity contribution in [3.05, 3.63) is 155 Å². The van der Waals surface area contributed by atoms with Gasteiger partial charge in [0, 0.05) is 156 Å². The van der Waals surface area contributed by atoms with Crippen molar-refractivity contribution in [2.75, 3.05) is 52.7 Å². The molecule has 5 aromatic rings. The van der Waals surface area contributed by atoms with E-state index >= 15 is 0 Å². The number of hydrogen-bond acceptors (Lipinski definition) is 13. The van der Waals surface area contributed by atoms with Crippen molar-refractivity contribution in [3.63, 3.8) is 0 Å². The van der Waals surface area contributed by atoms with Crippen molar-refractivity contribution < 1.29 is 123 Å². The van der Waals surface area contributed by atoms with E-state index in [0.717, 1.165) is 27.4 Å². The Hall–Kier alpha value is -6.59. The van der Waals surface area contributed by atoms with Crippen LogP contribution in [0.2, 0.25) is 0 Å². The quantitative estimate of drug-likeness (QED) is 0.0380. The first kappa shape index (κ1) is 57.8. The van der Waals surface area contributed by atoms with E-state index in [4.69, 9.17) is 14.2 Å². The number of nitrogens with one attached hydrogen (secondary N) is 2. The van der Waals surface area contributed by atoms with E-state index in [2.05, 4.69) is 10.6 Å². The Morgan fingerprint density at radius 2 is 1.19 bits per heavy atom. The van der Waals surface area contributed by atoms with Gasteiger partial charge in [-0.15, -0.1) is 0 Å². The van der Waals surface area contributed by atoms with Gasteiger partial charge in [-0.1, -0.05) is 55.4 Å². The minimum absolute atomic E-state index is 0. The molecule has 0 fully saturated rings. The van der Waals surface area contributed by atoms with Crippen LogP contribution in [0.15, 0.2) is 103 Å². The van der Waals surface area contributed by atoms with Crippen LogP contribution in [0.25, 0.3) is 0 Å². The summed E-state index contributed by atoms with van der Waals surface area (Å²) in [5.74, 6) is -3.96. The largest absolute Gasteiger partial charge is 0.522 e. The summed E-state index contributed by atoms with van der Waals surface area (Å²) in [7, 11) is 4.94. The molecule has 84 heavy (non-hydrogen) atoms. The molecular formula is C64H67N7O11Y2-2. The zero-order chi connectivity index (χ0) is 61.5. The summed E-state index contributed by atoms with van der Waals surface area (Å²) < 4.78 is 56.2. The fourth-order valence-electron chi connectivity index (χ4n) is 11.1. The number of hydrogen-bond donors (Lipinski definition) is 2. The van der Waals surface area contributed by atoms with Crippen molar-refractivity contribution in [2.24, 2.45) is 5.92 Å². The number of ether oxygens (including phenoxy) is 3. The fourth-order valence-corrected chi connectivity index (χ4v) is 11.1. The monoisotopic (exact) mass is 1290 g/mol. The number of rotatable bonds is 22. The summed E-state index contributed by atoms with van der Waals surface area (Å²) in [4.78, 5) is 113. The Morgan fingerprint density at radius 3 is 1.77 bits per heavy atom. The van der Waals surface area contributed by atoms with Crippen LogP contribution in [-0.4, -0.2) is 97.8 Å². The zero-order valence-electron chi connectivity index (χ0n) is 51.7. The third kappa shape index (κ3) is 13.9. The van der Waals surface area contributed by atoms with E-state index in [1.165, 1.54) is 63.4 Å². The van der Waals surface area contributed by atoms with Gasteiger partial charge in [0.15, 0.2) is 17.3 Å². The molecule has 5 aliphatic heterocycles. The molecule has 5 aliphatic rings. The molecule has 0 aliphatic carbocycles. The molecule has 432 valence electrons. The normalized spacial score (nSPS) is 18.1. The van der Waals surface area contributed by atoms with Gasteiger partial charge in [0.1, 0.15) is 24.7 Å². The Labute approximate surface area is 545 Å². The third-order valence-electron chi connectivity index (χ3n) is 15.5. The van der Waals surface area contributed by atoms with Crippen molar-refractivity contribution in [1.82, 2.24) is 10.2 Å². The molecule has 2 unspecified atom stereocenters.